The topological polar surface area (TPSA) is 75.7 Å². The zero-order chi connectivity index (χ0) is 16.0. The molecule has 0 aromatic heterocycles. The van der Waals surface area contributed by atoms with Gasteiger partial charge in [-0.25, -0.2) is 0 Å². The molecular weight excluding hydrogens is 272 g/mol. The molecule has 1 fully saturated rings. The number of carbonyl (C=O) groups is 3. The average molecular weight is 298 g/mol. The number of rotatable bonds is 5. The van der Waals surface area contributed by atoms with Crippen molar-refractivity contribution in [1.29, 1.82) is 0 Å². The van der Waals surface area contributed by atoms with Crippen LogP contribution in [0.2, 0.25) is 0 Å². The summed E-state index contributed by atoms with van der Waals surface area (Å²) in [7, 11) is 0. The molecule has 0 saturated carbocycles. The largest absolute Gasteiger partial charge is 0.466 e. The second-order valence-corrected chi connectivity index (χ2v) is 6.25. The van der Waals surface area contributed by atoms with Crippen molar-refractivity contribution < 1.29 is 19.1 Å². The van der Waals surface area contributed by atoms with Crippen molar-refractivity contribution in [2.24, 2.45) is 5.41 Å². The maximum absolute atomic E-state index is 12.3. The van der Waals surface area contributed by atoms with Gasteiger partial charge in [-0.05, 0) is 19.8 Å². The Balaban J connectivity index is 2.49. The zero-order valence-corrected chi connectivity index (χ0v) is 13.4. The maximum atomic E-state index is 12.3. The fourth-order valence-corrected chi connectivity index (χ4v) is 2.35. The Labute approximate surface area is 126 Å². The SMILES string of the molecule is CCOC(=O)CCNC(=O)C1CCCN1C(=O)C(C)(C)C. The predicted molar refractivity (Wildman–Crippen MR) is 78.4 cm³/mol. The van der Waals surface area contributed by atoms with Gasteiger partial charge in [-0.1, -0.05) is 20.8 Å². The maximum Gasteiger partial charge on any atom is 0.307 e. The lowest BCUT2D eigenvalue weighted by atomic mass is 9.94. The zero-order valence-electron chi connectivity index (χ0n) is 13.4. The summed E-state index contributed by atoms with van der Waals surface area (Å²) in [6, 6.07) is -0.418. The highest BCUT2D eigenvalue weighted by Gasteiger charge is 2.38. The highest BCUT2D eigenvalue weighted by Crippen LogP contribution is 2.25. The number of carbonyl (C=O) groups excluding carboxylic acids is 3. The number of amides is 2. The average Bonchev–Trinajstić information content (AvgIpc) is 2.85. The molecule has 0 aromatic rings. The van der Waals surface area contributed by atoms with Gasteiger partial charge in [-0.15, -0.1) is 0 Å². The highest BCUT2D eigenvalue weighted by atomic mass is 16.5. The molecular formula is C15H26N2O4. The van der Waals surface area contributed by atoms with Crippen LogP contribution in [-0.2, 0) is 19.1 Å². The second-order valence-electron chi connectivity index (χ2n) is 6.25. The van der Waals surface area contributed by atoms with Crippen LogP contribution < -0.4 is 5.32 Å². The van der Waals surface area contributed by atoms with E-state index in [1.165, 1.54) is 0 Å². The Bertz CT molecular complexity index is 401. The normalized spacial score (nSPS) is 18.5. The first-order chi connectivity index (χ1) is 9.77. The molecule has 1 aliphatic heterocycles. The van der Waals surface area contributed by atoms with Crippen molar-refractivity contribution in [1.82, 2.24) is 10.2 Å². The van der Waals surface area contributed by atoms with Gasteiger partial charge >= 0.3 is 5.97 Å². The Morgan fingerprint density at radius 1 is 1.29 bits per heavy atom. The van der Waals surface area contributed by atoms with Crippen LogP contribution in [0.1, 0.15) is 47.0 Å². The number of ether oxygens (including phenoxy) is 1. The monoisotopic (exact) mass is 298 g/mol. The Kier molecular flexibility index (Phi) is 6.18. The minimum atomic E-state index is -0.492. The molecule has 1 atom stereocenters. The molecule has 6 nitrogen and oxygen atoms in total. The first kappa shape index (κ1) is 17.5. The minimum absolute atomic E-state index is 0.00876. The number of nitrogens with zero attached hydrogens (tertiary/aromatic N) is 1. The summed E-state index contributed by atoms with van der Waals surface area (Å²) in [5.74, 6) is -0.521. The number of nitrogens with one attached hydrogen (secondary N) is 1. The van der Waals surface area contributed by atoms with Crippen molar-refractivity contribution in [3.63, 3.8) is 0 Å². The molecule has 0 aromatic carbocycles. The lowest BCUT2D eigenvalue weighted by molar-refractivity contribution is -0.145. The molecule has 2 amide bonds. The lowest BCUT2D eigenvalue weighted by Gasteiger charge is -2.30. The molecule has 0 aliphatic carbocycles. The molecule has 120 valence electrons. The quantitative estimate of drug-likeness (QED) is 0.771. The van der Waals surface area contributed by atoms with E-state index in [1.54, 1.807) is 11.8 Å². The summed E-state index contributed by atoms with van der Waals surface area (Å²) >= 11 is 0. The number of hydrogen-bond donors (Lipinski definition) is 1. The molecule has 0 spiro atoms. The van der Waals surface area contributed by atoms with Crippen LogP contribution in [0.5, 0.6) is 0 Å². The summed E-state index contributed by atoms with van der Waals surface area (Å²) < 4.78 is 4.80. The Hall–Kier alpha value is -1.59. The van der Waals surface area contributed by atoms with E-state index >= 15 is 0 Å². The highest BCUT2D eigenvalue weighted by molar-refractivity contribution is 5.90. The van der Waals surface area contributed by atoms with E-state index in [0.29, 0.717) is 19.6 Å². The van der Waals surface area contributed by atoms with Gasteiger partial charge in [0.1, 0.15) is 6.04 Å². The van der Waals surface area contributed by atoms with Crippen LogP contribution >= 0.6 is 0 Å². The molecule has 1 aliphatic rings. The van der Waals surface area contributed by atoms with E-state index in [0.717, 1.165) is 6.42 Å². The number of likely N-dealkylation sites (tertiary alicyclic amines) is 1. The van der Waals surface area contributed by atoms with Gasteiger partial charge in [0.25, 0.3) is 0 Å². The smallest absolute Gasteiger partial charge is 0.307 e. The van der Waals surface area contributed by atoms with E-state index in [1.807, 2.05) is 20.8 Å². The van der Waals surface area contributed by atoms with E-state index in [2.05, 4.69) is 5.32 Å². The number of esters is 1. The van der Waals surface area contributed by atoms with Gasteiger partial charge in [0, 0.05) is 18.5 Å². The van der Waals surface area contributed by atoms with Crippen molar-refractivity contribution in [2.75, 3.05) is 19.7 Å². The van der Waals surface area contributed by atoms with Crippen LogP contribution in [0.25, 0.3) is 0 Å². The fraction of sp³-hybridized carbons (Fsp3) is 0.800. The standard InChI is InChI=1S/C15H26N2O4/c1-5-21-12(18)8-9-16-13(19)11-7-6-10-17(11)14(20)15(2,3)4/h11H,5-10H2,1-4H3,(H,16,19). The third kappa shape index (κ3) is 5.02. The van der Waals surface area contributed by atoms with Crippen LogP contribution in [0.15, 0.2) is 0 Å². The third-order valence-corrected chi connectivity index (χ3v) is 3.39. The van der Waals surface area contributed by atoms with Gasteiger partial charge in [0.2, 0.25) is 11.8 Å². The van der Waals surface area contributed by atoms with Crippen molar-refractivity contribution in [2.45, 2.75) is 53.0 Å². The predicted octanol–water partition coefficient (Wildman–Crippen LogP) is 1.09. The van der Waals surface area contributed by atoms with Crippen molar-refractivity contribution in [3.8, 4) is 0 Å². The van der Waals surface area contributed by atoms with Gasteiger partial charge in [-0.3, -0.25) is 14.4 Å². The summed E-state index contributed by atoms with van der Waals surface area (Å²) in [6.45, 7) is 8.49. The van der Waals surface area contributed by atoms with E-state index in [-0.39, 0.29) is 30.7 Å². The summed E-state index contributed by atoms with van der Waals surface area (Å²) in [6.07, 6.45) is 1.66. The van der Waals surface area contributed by atoms with Crippen LogP contribution in [0.3, 0.4) is 0 Å². The van der Waals surface area contributed by atoms with Crippen LogP contribution in [0.4, 0.5) is 0 Å². The first-order valence-electron chi connectivity index (χ1n) is 7.51. The molecule has 0 bridgehead atoms. The molecule has 6 heteroatoms. The van der Waals surface area contributed by atoms with Crippen LogP contribution in [-0.4, -0.2) is 48.4 Å². The van der Waals surface area contributed by atoms with Crippen molar-refractivity contribution in [3.05, 3.63) is 0 Å². The molecule has 1 N–H and O–H groups in total. The molecule has 21 heavy (non-hydrogen) atoms. The third-order valence-electron chi connectivity index (χ3n) is 3.39. The Morgan fingerprint density at radius 2 is 1.95 bits per heavy atom. The van der Waals surface area contributed by atoms with E-state index in [9.17, 15) is 14.4 Å². The van der Waals surface area contributed by atoms with E-state index in [4.69, 9.17) is 4.74 Å². The van der Waals surface area contributed by atoms with Crippen molar-refractivity contribution >= 4 is 17.8 Å². The molecule has 0 radical (unpaired) electrons. The van der Waals surface area contributed by atoms with Gasteiger partial charge in [0.15, 0.2) is 0 Å². The molecule has 1 unspecified atom stereocenters. The molecule has 1 heterocycles. The van der Waals surface area contributed by atoms with Crippen LogP contribution in [0, 0.1) is 5.41 Å². The minimum Gasteiger partial charge on any atom is -0.466 e. The van der Waals surface area contributed by atoms with Gasteiger partial charge < -0.3 is 15.0 Å². The summed E-state index contributed by atoms with van der Waals surface area (Å²) in [4.78, 5) is 37.4. The summed E-state index contributed by atoms with van der Waals surface area (Å²) in [5.41, 5.74) is -0.492. The Morgan fingerprint density at radius 3 is 2.52 bits per heavy atom. The molecule has 1 saturated heterocycles. The van der Waals surface area contributed by atoms with Gasteiger partial charge in [0.05, 0.1) is 13.0 Å². The molecule has 1 rings (SSSR count). The fourth-order valence-electron chi connectivity index (χ4n) is 2.35. The van der Waals surface area contributed by atoms with E-state index < -0.39 is 11.5 Å². The number of hydrogen-bond acceptors (Lipinski definition) is 4. The second kappa shape index (κ2) is 7.43. The lowest BCUT2D eigenvalue weighted by Crippen LogP contribution is -2.49. The van der Waals surface area contributed by atoms with Gasteiger partial charge in [-0.2, -0.15) is 0 Å². The summed E-state index contributed by atoms with van der Waals surface area (Å²) in [5, 5.41) is 2.72. The first-order valence-corrected chi connectivity index (χ1v) is 7.51.